The molecule has 0 bridgehead atoms. The molecule has 1 heterocycles. The van der Waals surface area contributed by atoms with Gasteiger partial charge in [0, 0.05) is 41.4 Å². The zero-order chi connectivity index (χ0) is 12.3. The molecule has 2 rings (SSSR count). The fourth-order valence-electron chi connectivity index (χ4n) is 1.71. The Hall–Kier alpha value is -1.81. The second kappa shape index (κ2) is 5.01. The lowest BCUT2D eigenvalue weighted by Gasteiger charge is -2.10. The molecule has 0 aliphatic heterocycles. The Morgan fingerprint density at radius 1 is 1.35 bits per heavy atom. The van der Waals surface area contributed by atoms with Crippen LogP contribution in [0.25, 0.3) is 10.8 Å². The third-order valence-corrected chi connectivity index (χ3v) is 2.59. The first-order valence-electron chi connectivity index (χ1n) is 5.61. The van der Waals surface area contributed by atoms with Gasteiger partial charge in [0.05, 0.1) is 6.61 Å². The molecule has 3 N–H and O–H groups in total. The second-order valence-corrected chi connectivity index (χ2v) is 3.95. The first-order chi connectivity index (χ1) is 8.22. The van der Waals surface area contributed by atoms with E-state index in [1.807, 2.05) is 25.1 Å². The Balaban J connectivity index is 2.41. The van der Waals surface area contributed by atoms with Gasteiger partial charge in [0.15, 0.2) is 0 Å². The normalized spacial score (nSPS) is 10.7. The van der Waals surface area contributed by atoms with Crippen molar-refractivity contribution >= 4 is 16.5 Å². The van der Waals surface area contributed by atoms with Gasteiger partial charge in [-0.25, -0.2) is 0 Å². The van der Waals surface area contributed by atoms with Crippen LogP contribution in [0.3, 0.4) is 0 Å². The summed E-state index contributed by atoms with van der Waals surface area (Å²) in [4.78, 5) is 4.23. The highest BCUT2D eigenvalue weighted by molar-refractivity contribution is 5.96. The van der Waals surface area contributed by atoms with E-state index in [2.05, 4.69) is 4.98 Å². The van der Waals surface area contributed by atoms with Crippen molar-refractivity contribution < 1.29 is 9.84 Å². The molecule has 0 saturated carbocycles. The van der Waals surface area contributed by atoms with E-state index in [0.717, 1.165) is 22.2 Å². The SMILES string of the molecule is Cc1cc2c(OCCCO)ccc(N)c2cn1. The molecule has 0 spiro atoms. The van der Waals surface area contributed by atoms with Crippen LogP contribution in [-0.2, 0) is 0 Å². The van der Waals surface area contributed by atoms with Crippen molar-refractivity contribution in [1.29, 1.82) is 0 Å². The van der Waals surface area contributed by atoms with Gasteiger partial charge in [0.2, 0.25) is 0 Å². The molecule has 0 radical (unpaired) electrons. The molecule has 0 fully saturated rings. The number of nitrogens with two attached hydrogens (primary N) is 1. The number of hydrogen-bond donors (Lipinski definition) is 2. The average Bonchev–Trinajstić information content (AvgIpc) is 2.32. The van der Waals surface area contributed by atoms with Gasteiger partial charge in [0.25, 0.3) is 0 Å². The topological polar surface area (TPSA) is 68.4 Å². The predicted molar refractivity (Wildman–Crippen MR) is 68.1 cm³/mol. The minimum Gasteiger partial charge on any atom is -0.493 e. The highest BCUT2D eigenvalue weighted by Gasteiger charge is 2.06. The molecule has 17 heavy (non-hydrogen) atoms. The smallest absolute Gasteiger partial charge is 0.127 e. The maximum absolute atomic E-state index is 8.74. The van der Waals surface area contributed by atoms with Gasteiger partial charge in [-0.1, -0.05) is 0 Å². The number of nitrogen functional groups attached to an aromatic ring is 1. The molecule has 0 aliphatic rings. The van der Waals surface area contributed by atoms with Gasteiger partial charge in [-0.2, -0.15) is 0 Å². The summed E-state index contributed by atoms with van der Waals surface area (Å²) >= 11 is 0. The number of anilines is 1. The number of benzene rings is 1. The van der Waals surface area contributed by atoms with Crippen LogP contribution in [0.15, 0.2) is 24.4 Å². The first kappa shape index (κ1) is 11.7. The van der Waals surface area contributed by atoms with Crippen molar-refractivity contribution in [3.63, 3.8) is 0 Å². The fraction of sp³-hybridized carbons (Fsp3) is 0.308. The lowest BCUT2D eigenvalue weighted by atomic mass is 10.1. The maximum Gasteiger partial charge on any atom is 0.127 e. The summed E-state index contributed by atoms with van der Waals surface area (Å²) in [6.45, 7) is 2.56. The minimum atomic E-state index is 0.132. The van der Waals surface area contributed by atoms with E-state index in [0.29, 0.717) is 18.7 Å². The number of nitrogens with zero attached hydrogens (tertiary/aromatic N) is 1. The molecule has 1 aromatic carbocycles. The van der Waals surface area contributed by atoms with E-state index in [-0.39, 0.29) is 6.61 Å². The number of hydrogen-bond acceptors (Lipinski definition) is 4. The Labute approximate surface area is 100 Å². The van der Waals surface area contributed by atoms with E-state index >= 15 is 0 Å². The lowest BCUT2D eigenvalue weighted by molar-refractivity contribution is 0.235. The standard InChI is InChI=1S/C13H16N2O2/c1-9-7-10-11(8-15-9)12(14)3-4-13(10)17-6-2-5-16/h3-4,7-8,16H,2,5-6,14H2,1H3. The van der Waals surface area contributed by atoms with Gasteiger partial charge in [0.1, 0.15) is 5.75 Å². The quantitative estimate of drug-likeness (QED) is 0.624. The summed E-state index contributed by atoms with van der Waals surface area (Å²) in [6, 6.07) is 5.63. The Morgan fingerprint density at radius 2 is 2.18 bits per heavy atom. The summed E-state index contributed by atoms with van der Waals surface area (Å²) in [5.41, 5.74) is 7.52. The number of ether oxygens (including phenoxy) is 1. The molecule has 0 amide bonds. The largest absolute Gasteiger partial charge is 0.493 e. The molecule has 1 aromatic heterocycles. The highest BCUT2D eigenvalue weighted by Crippen LogP contribution is 2.30. The number of aliphatic hydroxyl groups excluding tert-OH is 1. The van der Waals surface area contributed by atoms with Gasteiger partial charge in [-0.05, 0) is 25.1 Å². The van der Waals surface area contributed by atoms with Crippen molar-refractivity contribution in [2.45, 2.75) is 13.3 Å². The third kappa shape index (κ3) is 2.47. The molecule has 0 saturated heterocycles. The third-order valence-electron chi connectivity index (χ3n) is 2.59. The number of pyridine rings is 1. The van der Waals surface area contributed by atoms with Crippen LogP contribution >= 0.6 is 0 Å². The monoisotopic (exact) mass is 232 g/mol. The lowest BCUT2D eigenvalue weighted by Crippen LogP contribution is -2.01. The molecule has 4 nitrogen and oxygen atoms in total. The van der Waals surface area contributed by atoms with Crippen LogP contribution in [0.4, 0.5) is 5.69 Å². The van der Waals surface area contributed by atoms with Crippen molar-refractivity contribution in [3.05, 3.63) is 30.1 Å². The van der Waals surface area contributed by atoms with Gasteiger partial charge >= 0.3 is 0 Å². The van der Waals surface area contributed by atoms with Crippen LogP contribution in [0, 0.1) is 6.92 Å². The molecule has 0 atom stereocenters. The Kier molecular flexibility index (Phi) is 3.44. The first-order valence-corrected chi connectivity index (χ1v) is 5.61. The zero-order valence-corrected chi connectivity index (χ0v) is 9.81. The highest BCUT2D eigenvalue weighted by atomic mass is 16.5. The number of aromatic nitrogens is 1. The molecule has 90 valence electrons. The molecular weight excluding hydrogens is 216 g/mol. The number of fused-ring (bicyclic) bond motifs is 1. The van der Waals surface area contributed by atoms with Crippen molar-refractivity contribution in [1.82, 2.24) is 4.98 Å². The van der Waals surface area contributed by atoms with E-state index in [1.54, 1.807) is 6.20 Å². The van der Waals surface area contributed by atoms with E-state index in [4.69, 9.17) is 15.6 Å². The predicted octanol–water partition coefficient (Wildman–Crippen LogP) is 1.89. The average molecular weight is 232 g/mol. The summed E-state index contributed by atoms with van der Waals surface area (Å²) < 4.78 is 5.63. The van der Waals surface area contributed by atoms with Gasteiger partial charge in [-0.3, -0.25) is 4.98 Å². The van der Waals surface area contributed by atoms with Crippen LogP contribution in [0.1, 0.15) is 12.1 Å². The van der Waals surface area contributed by atoms with Gasteiger partial charge < -0.3 is 15.6 Å². The second-order valence-electron chi connectivity index (χ2n) is 3.95. The van der Waals surface area contributed by atoms with E-state index in [1.165, 1.54) is 0 Å². The molecule has 4 heteroatoms. The number of aliphatic hydroxyl groups is 1. The Bertz CT molecular complexity index is 526. The Morgan fingerprint density at radius 3 is 2.94 bits per heavy atom. The van der Waals surface area contributed by atoms with Crippen molar-refractivity contribution in [2.75, 3.05) is 18.9 Å². The summed E-state index contributed by atoms with van der Waals surface area (Å²) in [5, 5.41) is 10.6. The molecule has 2 aromatic rings. The molecular formula is C13H16N2O2. The van der Waals surface area contributed by atoms with Crippen LogP contribution in [0.5, 0.6) is 5.75 Å². The van der Waals surface area contributed by atoms with E-state index in [9.17, 15) is 0 Å². The van der Waals surface area contributed by atoms with Crippen molar-refractivity contribution in [2.24, 2.45) is 0 Å². The number of rotatable bonds is 4. The van der Waals surface area contributed by atoms with Crippen molar-refractivity contribution in [3.8, 4) is 5.75 Å². The van der Waals surface area contributed by atoms with E-state index < -0.39 is 0 Å². The maximum atomic E-state index is 8.74. The van der Waals surface area contributed by atoms with Crippen LogP contribution in [0.2, 0.25) is 0 Å². The molecule has 0 aliphatic carbocycles. The molecule has 0 unspecified atom stereocenters. The van der Waals surface area contributed by atoms with Crippen LogP contribution < -0.4 is 10.5 Å². The minimum absolute atomic E-state index is 0.132. The summed E-state index contributed by atoms with van der Waals surface area (Å²) in [6.07, 6.45) is 2.38. The fourth-order valence-corrected chi connectivity index (χ4v) is 1.71. The van der Waals surface area contributed by atoms with Crippen LogP contribution in [-0.4, -0.2) is 23.3 Å². The zero-order valence-electron chi connectivity index (χ0n) is 9.81. The van der Waals surface area contributed by atoms with Gasteiger partial charge in [-0.15, -0.1) is 0 Å². The summed E-state index contributed by atoms with van der Waals surface area (Å²) in [5.74, 6) is 0.785. The number of aryl methyl sites for hydroxylation is 1. The summed E-state index contributed by atoms with van der Waals surface area (Å²) in [7, 11) is 0.